The van der Waals surface area contributed by atoms with Crippen LogP contribution in [0.15, 0.2) is 158 Å². The topological polar surface area (TPSA) is 43.4 Å². The smallest absolute Gasteiger partial charge is 0.119 e. The van der Waals surface area contributed by atoms with Gasteiger partial charge >= 0.3 is 0 Å². The average molecular weight is 747 g/mol. The lowest BCUT2D eigenvalue weighted by Gasteiger charge is -2.26. The minimum atomic E-state index is 0.822. The molecule has 0 amide bonds. The quantitative estimate of drug-likeness (QED) is 0.124. The SMILES string of the molecule is COc1ccc(N(c2ccc(OC)cc2)c2ccc(-c3cc4sc(-c5ccc(N(c6ccc(OC)cc6)c6ccc(OC)cc6)cc5)cc4s3)cc2)cc1. The lowest BCUT2D eigenvalue weighted by atomic mass is 10.1. The van der Waals surface area contributed by atoms with Crippen molar-refractivity contribution in [3.05, 3.63) is 158 Å². The van der Waals surface area contributed by atoms with E-state index in [1.165, 1.54) is 30.3 Å². The zero-order chi connectivity index (χ0) is 37.0. The van der Waals surface area contributed by atoms with Crippen LogP contribution in [-0.2, 0) is 0 Å². The Labute approximate surface area is 323 Å². The molecule has 54 heavy (non-hydrogen) atoms. The summed E-state index contributed by atoms with van der Waals surface area (Å²) >= 11 is 3.66. The highest BCUT2D eigenvalue weighted by Crippen LogP contribution is 2.44. The van der Waals surface area contributed by atoms with Gasteiger partial charge in [0.1, 0.15) is 23.0 Å². The van der Waals surface area contributed by atoms with E-state index in [4.69, 9.17) is 18.9 Å². The van der Waals surface area contributed by atoms with E-state index in [9.17, 15) is 0 Å². The van der Waals surface area contributed by atoms with Gasteiger partial charge in [-0.1, -0.05) is 24.3 Å². The van der Waals surface area contributed by atoms with Crippen LogP contribution in [-0.4, -0.2) is 28.4 Å². The van der Waals surface area contributed by atoms with Crippen molar-refractivity contribution in [3.8, 4) is 43.9 Å². The number of thiophene rings is 2. The van der Waals surface area contributed by atoms with Crippen molar-refractivity contribution >= 4 is 66.2 Å². The monoisotopic (exact) mass is 746 g/mol. The average Bonchev–Trinajstić information content (AvgIpc) is 3.83. The van der Waals surface area contributed by atoms with Crippen LogP contribution in [0.25, 0.3) is 30.3 Å². The molecule has 0 atom stereocenters. The molecule has 0 aliphatic carbocycles. The molecule has 0 unspecified atom stereocenters. The van der Waals surface area contributed by atoms with Crippen molar-refractivity contribution in [3.63, 3.8) is 0 Å². The van der Waals surface area contributed by atoms with Crippen molar-refractivity contribution in [2.24, 2.45) is 0 Å². The Morgan fingerprint density at radius 1 is 0.315 bits per heavy atom. The zero-order valence-corrected chi connectivity index (χ0v) is 32.0. The van der Waals surface area contributed by atoms with Crippen LogP contribution in [0.5, 0.6) is 23.0 Å². The molecule has 0 spiro atoms. The Hall–Kier alpha value is -6.22. The molecule has 0 bridgehead atoms. The Morgan fingerprint density at radius 2 is 0.537 bits per heavy atom. The van der Waals surface area contributed by atoms with Crippen molar-refractivity contribution < 1.29 is 18.9 Å². The van der Waals surface area contributed by atoms with Gasteiger partial charge in [0.05, 0.1) is 28.4 Å². The minimum absolute atomic E-state index is 0.822. The van der Waals surface area contributed by atoms with Crippen LogP contribution in [0.1, 0.15) is 0 Å². The summed E-state index contributed by atoms with van der Waals surface area (Å²) < 4.78 is 24.3. The molecule has 0 aliphatic rings. The number of hydrogen-bond acceptors (Lipinski definition) is 8. The molecule has 0 saturated carbocycles. The summed E-state index contributed by atoms with van der Waals surface area (Å²) in [5.74, 6) is 3.29. The predicted octanol–water partition coefficient (Wildman–Crippen LogP) is 13.3. The fourth-order valence-corrected chi connectivity index (χ4v) is 8.90. The van der Waals surface area contributed by atoms with Crippen molar-refractivity contribution in [2.45, 2.75) is 0 Å². The highest BCUT2D eigenvalue weighted by molar-refractivity contribution is 7.31. The van der Waals surface area contributed by atoms with Crippen molar-refractivity contribution in [2.75, 3.05) is 38.2 Å². The van der Waals surface area contributed by atoms with Gasteiger partial charge < -0.3 is 28.7 Å². The fourth-order valence-electron chi connectivity index (χ4n) is 6.49. The molecule has 0 aliphatic heterocycles. The second-order valence-corrected chi connectivity index (χ2v) is 14.7. The normalized spacial score (nSPS) is 11.0. The molecule has 2 heterocycles. The first-order chi connectivity index (χ1) is 26.5. The minimum Gasteiger partial charge on any atom is -0.497 e. The number of nitrogens with zero attached hydrogens (tertiary/aromatic N) is 2. The van der Waals surface area contributed by atoms with Gasteiger partial charge in [0, 0.05) is 53.3 Å². The van der Waals surface area contributed by atoms with E-state index in [-0.39, 0.29) is 0 Å². The third-order valence-corrected chi connectivity index (χ3v) is 11.7. The number of benzene rings is 6. The van der Waals surface area contributed by atoms with Gasteiger partial charge in [-0.15, -0.1) is 22.7 Å². The van der Waals surface area contributed by atoms with Gasteiger partial charge in [0.25, 0.3) is 0 Å². The number of methoxy groups -OCH3 is 4. The Bertz CT molecular complexity index is 2160. The molecule has 0 fully saturated rings. The Balaban J connectivity index is 1.04. The molecule has 8 rings (SSSR count). The van der Waals surface area contributed by atoms with E-state index in [1.54, 1.807) is 28.4 Å². The summed E-state index contributed by atoms with van der Waals surface area (Å²) in [5, 5.41) is 0. The third-order valence-electron chi connectivity index (χ3n) is 9.35. The van der Waals surface area contributed by atoms with Crippen LogP contribution >= 0.6 is 22.7 Å². The maximum Gasteiger partial charge on any atom is 0.119 e. The van der Waals surface area contributed by atoms with E-state index >= 15 is 0 Å². The number of hydrogen-bond donors (Lipinski definition) is 0. The molecule has 268 valence electrons. The second kappa shape index (κ2) is 15.4. The second-order valence-electron chi connectivity index (χ2n) is 12.5. The fraction of sp³-hybridized carbons (Fsp3) is 0.0870. The van der Waals surface area contributed by atoms with Gasteiger partial charge in [0.15, 0.2) is 0 Å². The molecule has 8 aromatic rings. The molecule has 2 aromatic heterocycles. The van der Waals surface area contributed by atoms with Crippen LogP contribution in [0, 0.1) is 0 Å². The molecule has 8 heteroatoms. The van der Waals surface area contributed by atoms with Crippen molar-refractivity contribution in [1.29, 1.82) is 0 Å². The van der Waals surface area contributed by atoms with E-state index in [0.717, 1.165) is 57.1 Å². The van der Waals surface area contributed by atoms with Crippen LogP contribution < -0.4 is 28.7 Å². The van der Waals surface area contributed by atoms with Gasteiger partial charge in [0.2, 0.25) is 0 Å². The Morgan fingerprint density at radius 3 is 0.759 bits per heavy atom. The molecule has 0 N–H and O–H groups in total. The number of ether oxygens (including phenoxy) is 4. The van der Waals surface area contributed by atoms with Crippen molar-refractivity contribution in [1.82, 2.24) is 0 Å². The molecular weight excluding hydrogens is 709 g/mol. The van der Waals surface area contributed by atoms with E-state index < -0.39 is 0 Å². The van der Waals surface area contributed by atoms with Gasteiger partial charge in [-0.2, -0.15) is 0 Å². The van der Waals surface area contributed by atoms with E-state index in [0.29, 0.717) is 0 Å². The lowest BCUT2D eigenvalue weighted by molar-refractivity contribution is 0.414. The molecular formula is C46H38N2O4S2. The van der Waals surface area contributed by atoms with Crippen LogP contribution in [0.4, 0.5) is 34.1 Å². The van der Waals surface area contributed by atoms with Gasteiger partial charge in [-0.25, -0.2) is 0 Å². The number of rotatable bonds is 12. The summed E-state index contributed by atoms with van der Waals surface area (Å²) in [7, 11) is 6.74. The number of fused-ring (bicyclic) bond motifs is 1. The zero-order valence-electron chi connectivity index (χ0n) is 30.4. The standard InChI is InChI=1S/C46H38N2O4S2/c1-49-39-21-13-35(14-22-39)47(36-15-23-40(50-2)24-16-36)33-9-5-31(6-10-33)43-29-45-46(53-43)30-44(54-45)32-7-11-34(12-8-32)48(37-17-25-41(51-3)26-18-37)38-19-27-42(52-4)28-20-38/h5-30H,1-4H3. The summed E-state index contributed by atoms with van der Waals surface area (Å²) in [6.07, 6.45) is 0. The maximum absolute atomic E-state index is 5.42. The van der Waals surface area contributed by atoms with E-state index in [1.807, 2.05) is 71.2 Å². The highest BCUT2D eigenvalue weighted by atomic mass is 32.1. The highest BCUT2D eigenvalue weighted by Gasteiger charge is 2.17. The van der Waals surface area contributed by atoms with Gasteiger partial charge in [-0.05, 0) is 145 Å². The number of anilines is 6. The largest absolute Gasteiger partial charge is 0.497 e. The third kappa shape index (κ3) is 7.09. The first-order valence-electron chi connectivity index (χ1n) is 17.4. The first-order valence-corrected chi connectivity index (χ1v) is 19.1. The predicted molar refractivity (Wildman–Crippen MR) is 226 cm³/mol. The first kappa shape index (κ1) is 34.8. The van der Waals surface area contributed by atoms with E-state index in [2.05, 4.69) is 119 Å². The summed E-state index contributed by atoms with van der Waals surface area (Å²) in [5.41, 5.74) is 8.69. The molecule has 0 saturated heterocycles. The van der Waals surface area contributed by atoms with Crippen LogP contribution in [0.2, 0.25) is 0 Å². The summed E-state index contributed by atoms with van der Waals surface area (Å²) in [4.78, 5) is 6.97. The maximum atomic E-state index is 5.42. The Kier molecular flexibility index (Phi) is 9.94. The van der Waals surface area contributed by atoms with Crippen LogP contribution in [0.3, 0.4) is 0 Å². The molecule has 0 radical (unpaired) electrons. The molecule has 6 nitrogen and oxygen atoms in total. The molecule has 6 aromatic carbocycles. The summed E-state index contributed by atoms with van der Waals surface area (Å²) in [6, 6.07) is 54.7. The summed E-state index contributed by atoms with van der Waals surface area (Å²) in [6.45, 7) is 0. The lowest BCUT2D eigenvalue weighted by Crippen LogP contribution is -2.09. The van der Waals surface area contributed by atoms with Gasteiger partial charge in [-0.3, -0.25) is 0 Å².